The van der Waals surface area contributed by atoms with Gasteiger partial charge in [-0.3, -0.25) is 9.59 Å². The van der Waals surface area contributed by atoms with Crippen molar-refractivity contribution in [1.82, 2.24) is 24.5 Å². The van der Waals surface area contributed by atoms with E-state index in [0.717, 1.165) is 94.9 Å². The quantitative estimate of drug-likeness (QED) is 0.181. The van der Waals surface area contributed by atoms with Crippen molar-refractivity contribution >= 4 is 57.9 Å². The average Bonchev–Trinajstić information content (AvgIpc) is 4.21. The van der Waals surface area contributed by atoms with Crippen LogP contribution in [-0.4, -0.2) is 36.1 Å². The number of hydrogen-bond acceptors (Lipinski definition) is 4. The number of fused-ring (bicyclic) bond motifs is 10. The van der Waals surface area contributed by atoms with Crippen molar-refractivity contribution in [3.8, 4) is 55.8 Å². The monoisotopic (exact) mass is 823 g/mol. The summed E-state index contributed by atoms with van der Waals surface area (Å²) < 4.78 is 1.92. The summed E-state index contributed by atoms with van der Waals surface area (Å²) in [5, 5.41) is 0. The minimum Gasteiger partial charge on any atom is -0.354 e. The van der Waals surface area contributed by atoms with Gasteiger partial charge in [0.05, 0.1) is 45.1 Å². The highest BCUT2D eigenvalue weighted by atomic mass is 16.1. The fraction of sp³-hybridized carbons (Fsp3) is 0.0175. The molecule has 12 rings (SSSR count). The highest BCUT2D eigenvalue weighted by Gasteiger charge is 2.35. The van der Waals surface area contributed by atoms with Gasteiger partial charge in [-0.2, -0.15) is 0 Å². The molecule has 0 saturated heterocycles. The Morgan fingerprint density at radius 1 is 0.391 bits per heavy atom. The van der Waals surface area contributed by atoms with E-state index < -0.39 is 0 Å². The molecule has 8 bridgehead atoms. The molecule has 0 radical (unpaired) electrons. The number of hydrogen-bond donors (Lipinski definition) is 2. The lowest BCUT2D eigenvalue weighted by molar-refractivity contribution is 0.0980. The molecule has 5 aromatic carbocycles. The summed E-state index contributed by atoms with van der Waals surface area (Å²) >= 11 is 0. The van der Waals surface area contributed by atoms with E-state index >= 15 is 0 Å². The molecule has 7 nitrogen and oxygen atoms in total. The Bertz CT molecular complexity index is 3630. The standard InChI is InChI=1S/C57H37N5O2/c1-62-33-41-53(57(64)39-25-15-14-24-38(39)56(41)63)55(62)40-32-48-51(36-20-10-4-11-21-36)46-29-28-44(59-46)49(34-16-6-2-7-17-34)42-26-27-43(58-42)50(35-18-8-3-9-19-35)45-30-31-47(60-45)52(54(40)61-48)37-22-12-5-13-23-37/h2-33,58,61H,1H3. The van der Waals surface area contributed by atoms with Gasteiger partial charge in [0, 0.05) is 68.7 Å². The molecule has 0 unspecified atom stereocenters. The minimum atomic E-state index is -0.186. The van der Waals surface area contributed by atoms with Crippen LogP contribution < -0.4 is 0 Å². The van der Waals surface area contributed by atoms with E-state index in [1.807, 2.05) is 78.3 Å². The number of carbonyl (C=O) groups excluding carboxylic acids is 2. The molecule has 64 heavy (non-hydrogen) atoms. The molecule has 0 amide bonds. The van der Waals surface area contributed by atoms with Gasteiger partial charge >= 0.3 is 0 Å². The zero-order valence-corrected chi connectivity index (χ0v) is 34.6. The third-order valence-corrected chi connectivity index (χ3v) is 12.4. The number of ketones is 2. The van der Waals surface area contributed by atoms with Gasteiger partial charge < -0.3 is 14.5 Å². The lowest BCUT2D eigenvalue weighted by atomic mass is 9.84. The fourth-order valence-corrected chi connectivity index (χ4v) is 9.62. The van der Waals surface area contributed by atoms with Crippen LogP contribution in [0.15, 0.2) is 170 Å². The average molecular weight is 824 g/mol. The Morgan fingerprint density at radius 3 is 1.28 bits per heavy atom. The van der Waals surface area contributed by atoms with E-state index in [4.69, 9.17) is 9.97 Å². The lowest BCUT2D eigenvalue weighted by Crippen LogP contribution is -2.19. The Morgan fingerprint density at radius 2 is 0.797 bits per heavy atom. The third kappa shape index (κ3) is 5.90. The molecule has 4 aromatic heterocycles. The SMILES string of the molecule is Cn1cc2c(c1-c1cc3[nH]c1c(-c1ccccc1)c1nc(c(-c4ccccc4)c4ccc([nH]4)c(-c4ccccc4)c4nc(c3-c3ccccc3)C=C4)C=C1)C(=O)c1ccccc1C2=O. The molecular formula is C57H37N5O2. The normalized spacial score (nSPS) is 12.7. The summed E-state index contributed by atoms with van der Waals surface area (Å²) in [6.45, 7) is 0. The van der Waals surface area contributed by atoms with Crippen LogP contribution in [0, 0.1) is 0 Å². The smallest absolute Gasteiger partial charge is 0.196 e. The van der Waals surface area contributed by atoms with Gasteiger partial charge in [0.25, 0.3) is 0 Å². The first-order valence-electron chi connectivity index (χ1n) is 21.3. The van der Waals surface area contributed by atoms with Crippen LogP contribution in [0.3, 0.4) is 0 Å². The molecule has 2 N–H and O–H groups in total. The van der Waals surface area contributed by atoms with Gasteiger partial charge in [-0.1, -0.05) is 146 Å². The molecule has 0 fully saturated rings. The van der Waals surface area contributed by atoms with Crippen molar-refractivity contribution in [1.29, 1.82) is 0 Å². The van der Waals surface area contributed by atoms with Gasteiger partial charge in [0.15, 0.2) is 11.6 Å². The number of benzene rings is 5. The van der Waals surface area contributed by atoms with Crippen LogP contribution in [0.2, 0.25) is 0 Å². The van der Waals surface area contributed by atoms with Crippen LogP contribution in [0.25, 0.3) is 102 Å². The van der Waals surface area contributed by atoms with Crippen molar-refractivity contribution in [2.75, 3.05) is 0 Å². The largest absolute Gasteiger partial charge is 0.354 e. The fourth-order valence-electron chi connectivity index (χ4n) is 9.62. The summed E-state index contributed by atoms with van der Waals surface area (Å²) in [6.07, 6.45) is 10.1. The Kier molecular flexibility index (Phi) is 8.55. The van der Waals surface area contributed by atoms with Crippen molar-refractivity contribution in [2.45, 2.75) is 0 Å². The molecule has 7 heteroatoms. The number of rotatable bonds is 5. The molecule has 302 valence electrons. The Hall–Kier alpha value is -8.68. The number of nitrogens with zero attached hydrogens (tertiary/aromatic N) is 3. The summed E-state index contributed by atoms with van der Waals surface area (Å²) in [7, 11) is 1.91. The van der Waals surface area contributed by atoms with E-state index in [-0.39, 0.29) is 11.6 Å². The molecule has 6 heterocycles. The van der Waals surface area contributed by atoms with Crippen molar-refractivity contribution in [3.05, 3.63) is 215 Å². The molecule has 1 aliphatic carbocycles. The molecule has 0 saturated carbocycles. The highest BCUT2D eigenvalue weighted by molar-refractivity contribution is 6.31. The van der Waals surface area contributed by atoms with Crippen molar-refractivity contribution in [3.63, 3.8) is 0 Å². The number of aromatic nitrogens is 5. The van der Waals surface area contributed by atoms with Crippen molar-refractivity contribution < 1.29 is 9.59 Å². The molecule has 9 aromatic rings. The second-order valence-corrected chi connectivity index (χ2v) is 16.2. The first-order chi connectivity index (χ1) is 31.5. The van der Waals surface area contributed by atoms with Gasteiger partial charge in [-0.15, -0.1) is 0 Å². The van der Waals surface area contributed by atoms with Crippen LogP contribution in [0.4, 0.5) is 0 Å². The van der Waals surface area contributed by atoms with Crippen LogP contribution in [0.1, 0.15) is 54.6 Å². The maximum atomic E-state index is 14.7. The summed E-state index contributed by atoms with van der Waals surface area (Å²) in [5.41, 5.74) is 17.0. The van der Waals surface area contributed by atoms with Gasteiger partial charge in [-0.05, 0) is 64.8 Å². The number of aryl methyl sites for hydroxylation is 1. The highest BCUT2D eigenvalue weighted by Crippen LogP contribution is 2.44. The minimum absolute atomic E-state index is 0.170. The summed E-state index contributed by atoms with van der Waals surface area (Å²) in [5.74, 6) is -0.356. The second-order valence-electron chi connectivity index (χ2n) is 16.2. The van der Waals surface area contributed by atoms with Gasteiger partial charge in [0.1, 0.15) is 0 Å². The topological polar surface area (TPSA) is 96.4 Å². The zero-order chi connectivity index (χ0) is 42.9. The summed E-state index contributed by atoms with van der Waals surface area (Å²) in [6, 6.07) is 54.7. The molecule has 0 atom stereocenters. The summed E-state index contributed by atoms with van der Waals surface area (Å²) in [4.78, 5) is 47.7. The molecule has 3 aliphatic rings. The first kappa shape index (κ1) is 37.1. The predicted molar refractivity (Wildman–Crippen MR) is 258 cm³/mol. The number of nitrogens with one attached hydrogen (secondary N) is 2. The third-order valence-electron chi connectivity index (χ3n) is 12.4. The van der Waals surface area contributed by atoms with E-state index in [1.54, 1.807) is 24.4 Å². The molecule has 0 spiro atoms. The first-order valence-corrected chi connectivity index (χ1v) is 21.3. The van der Waals surface area contributed by atoms with Crippen LogP contribution in [0.5, 0.6) is 0 Å². The predicted octanol–water partition coefficient (Wildman–Crippen LogP) is 13.1. The zero-order valence-electron chi connectivity index (χ0n) is 34.6. The second kappa shape index (κ2) is 14.8. The Labute approximate surface area is 368 Å². The van der Waals surface area contributed by atoms with Crippen LogP contribution >= 0.6 is 0 Å². The maximum Gasteiger partial charge on any atom is 0.196 e. The van der Waals surface area contributed by atoms with E-state index in [9.17, 15) is 9.59 Å². The lowest BCUT2D eigenvalue weighted by Gasteiger charge is -2.15. The number of H-pyrrole nitrogens is 2. The van der Waals surface area contributed by atoms with Gasteiger partial charge in [-0.25, -0.2) is 9.97 Å². The number of aromatic amines is 2. The van der Waals surface area contributed by atoms with Gasteiger partial charge in [0.2, 0.25) is 0 Å². The maximum absolute atomic E-state index is 14.7. The Balaban J connectivity index is 1.30. The molecular weight excluding hydrogens is 787 g/mol. The molecule has 2 aliphatic heterocycles. The van der Waals surface area contributed by atoms with Crippen LogP contribution in [-0.2, 0) is 7.05 Å². The van der Waals surface area contributed by atoms with E-state index in [0.29, 0.717) is 27.9 Å². The number of carbonyl (C=O) groups is 2. The van der Waals surface area contributed by atoms with Crippen molar-refractivity contribution in [2.24, 2.45) is 7.05 Å². The van der Waals surface area contributed by atoms with E-state index in [1.165, 1.54) is 0 Å². The van der Waals surface area contributed by atoms with E-state index in [2.05, 4.69) is 113 Å².